The molecule has 19 heavy (non-hydrogen) atoms. The van der Waals surface area contributed by atoms with Crippen molar-refractivity contribution in [2.75, 3.05) is 0 Å². The van der Waals surface area contributed by atoms with Crippen LogP contribution >= 0.6 is 23.2 Å². The number of carbonyl (C=O) groups excluding carboxylic acids is 1. The van der Waals surface area contributed by atoms with Crippen molar-refractivity contribution in [3.8, 4) is 0 Å². The van der Waals surface area contributed by atoms with E-state index in [1.165, 1.54) is 6.26 Å². The summed E-state index contributed by atoms with van der Waals surface area (Å²) in [6.07, 6.45) is 1.46. The number of hydrogen-bond acceptors (Lipinski definition) is 2. The third kappa shape index (κ3) is 3.11. The van der Waals surface area contributed by atoms with Crippen LogP contribution in [0.2, 0.25) is 10.0 Å². The molecule has 0 aliphatic rings. The van der Waals surface area contributed by atoms with E-state index in [1.54, 1.807) is 30.3 Å². The summed E-state index contributed by atoms with van der Waals surface area (Å²) in [7, 11) is 0. The van der Waals surface area contributed by atoms with Gasteiger partial charge in [0.25, 0.3) is 5.91 Å². The Labute approximate surface area is 121 Å². The zero-order valence-corrected chi connectivity index (χ0v) is 12.0. The molecule has 0 unspecified atom stereocenters. The van der Waals surface area contributed by atoms with Gasteiger partial charge in [-0.2, -0.15) is 0 Å². The van der Waals surface area contributed by atoms with Crippen LogP contribution in [-0.2, 0) is 5.54 Å². The number of carbonyl (C=O) groups is 1. The third-order valence-electron chi connectivity index (χ3n) is 2.78. The minimum absolute atomic E-state index is 0.262. The fourth-order valence-electron chi connectivity index (χ4n) is 1.82. The van der Waals surface area contributed by atoms with E-state index in [-0.39, 0.29) is 11.7 Å². The molecule has 0 spiro atoms. The summed E-state index contributed by atoms with van der Waals surface area (Å²) in [6, 6.07) is 8.46. The maximum Gasteiger partial charge on any atom is 0.287 e. The topological polar surface area (TPSA) is 42.2 Å². The van der Waals surface area contributed by atoms with Gasteiger partial charge in [-0.15, -0.1) is 0 Å². The van der Waals surface area contributed by atoms with Gasteiger partial charge in [-0.05, 0) is 43.7 Å². The van der Waals surface area contributed by atoms with Crippen molar-refractivity contribution < 1.29 is 9.21 Å². The van der Waals surface area contributed by atoms with Crippen molar-refractivity contribution in [2.24, 2.45) is 0 Å². The molecule has 5 heteroatoms. The summed E-state index contributed by atoms with van der Waals surface area (Å²) >= 11 is 12.0. The molecule has 1 aromatic carbocycles. The predicted molar refractivity (Wildman–Crippen MR) is 75.7 cm³/mol. The van der Waals surface area contributed by atoms with Gasteiger partial charge in [0.2, 0.25) is 0 Å². The van der Waals surface area contributed by atoms with Gasteiger partial charge in [-0.3, -0.25) is 4.79 Å². The van der Waals surface area contributed by atoms with Crippen molar-refractivity contribution in [1.29, 1.82) is 0 Å². The number of furan rings is 1. The van der Waals surface area contributed by atoms with Gasteiger partial charge < -0.3 is 9.73 Å². The summed E-state index contributed by atoms with van der Waals surface area (Å²) < 4.78 is 5.06. The Morgan fingerprint density at radius 2 is 2.00 bits per heavy atom. The molecule has 0 radical (unpaired) electrons. The van der Waals surface area contributed by atoms with Crippen LogP contribution in [0.3, 0.4) is 0 Å². The minimum Gasteiger partial charge on any atom is -0.459 e. The second-order valence-electron chi connectivity index (χ2n) is 4.68. The molecular formula is C14H13Cl2NO2. The minimum atomic E-state index is -0.633. The maximum absolute atomic E-state index is 12.0. The van der Waals surface area contributed by atoms with E-state index >= 15 is 0 Å². The Kier molecular flexibility index (Phi) is 3.88. The average Bonchev–Trinajstić information content (AvgIpc) is 2.80. The molecule has 100 valence electrons. The van der Waals surface area contributed by atoms with Crippen LogP contribution in [0.15, 0.2) is 41.0 Å². The summed E-state index contributed by atoms with van der Waals surface area (Å²) in [6.45, 7) is 3.73. The number of hydrogen-bond donors (Lipinski definition) is 1. The van der Waals surface area contributed by atoms with E-state index in [2.05, 4.69) is 5.32 Å². The standard InChI is InChI=1S/C14H13Cl2NO2/c1-14(2,10-6-5-9(15)8-11(10)16)17-13(18)12-4-3-7-19-12/h3-8H,1-2H3,(H,17,18). The molecule has 0 aliphatic carbocycles. The van der Waals surface area contributed by atoms with Gasteiger partial charge in [0.1, 0.15) is 0 Å². The number of halogens is 2. The fourth-order valence-corrected chi connectivity index (χ4v) is 2.46. The highest BCUT2D eigenvalue weighted by molar-refractivity contribution is 6.35. The lowest BCUT2D eigenvalue weighted by Gasteiger charge is -2.27. The molecule has 2 aromatic rings. The van der Waals surface area contributed by atoms with E-state index in [1.807, 2.05) is 13.8 Å². The molecular weight excluding hydrogens is 285 g/mol. The first-order chi connectivity index (χ1) is 8.90. The Bertz CT molecular complexity index is 591. The van der Waals surface area contributed by atoms with Gasteiger partial charge in [-0.1, -0.05) is 29.3 Å². The van der Waals surface area contributed by atoms with Gasteiger partial charge >= 0.3 is 0 Å². The smallest absolute Gasteiger partial charge is 0.287 e. The summed E-state index contributed by atoms with van der Waals surface area (Å²) in [5.74, 6) is -0.0285. The fraction of sp³-hybridized carbons (Fsp3) is 0.214. The quantitative estimate of drug-likeness (QED) is 0.920. The molecule has 0 saturated heterocycles. The number of amides is 1. The molecule has 1 N–H and O–H groups in total. The largest absolute Gasteiger partial charge is 0.459 e. The molecule has 3 nitrogen and oxygen atoms in total. The highest BCUT2D eigenvalue weighted by Gasteiger charge is 2.26. The number of rotatable bonds is 3. The van der Waals surface area contributed by atoms with Crippen molar-refractivity contribution in [3.63, 3.8) is 0 Å². The van der Waals surface area contributed by atoms with Crippen molar-refractivity contribution in [2.45, 2.75) is 19.4 Å². The van der Waals surface area contributed by atoms with Crippen molar-refractivity contribution in [3.05, 3.63) is 58.0 Å². The first kappa shape index (κ1) is 14.0. The molecule has 1 heterocycles. The van der Waals surface area contributed by atoms with E-state index < -0.39 is 5.54 Å². The monoisotopic (exact) mass is 297 g/mol. The molecule has 1 aromatic heterocycles. The lowest BCUT2D eigenvalue weighted by atomic mass is 9.94. The lowest BCUT2D eigenvalue weighted by molar-refractivity contribution is 0.0883. The van der Waals surface area contributed by atoms with E-state index in [0.29, 0.717) is 10.0 Å². The Morgan fingerprint density at radius 1 is 1.26 bits per heavy atom. The molecule has 0 fully saturated rings. The van der Waals surface area contributed by atoms with Gasteiger partial charge in [0.15, 0.2) is 5.76 Å². The summed E-state index contributed by atoms with van der Waals surface area (Å²) in [5.41, 5.74) is 0.157. The number of nitrogens with one attached hydrogen (secondary N) is 1. The molecule has 0 aliphatic heterocycles. The third-order valence-corrected chi connectivity index (χ3v) is 3.32. The van der Waals surface area contributed by atoms with E-state index in [4.69, 9.17) is 27.6 Å². The van der Waals surface area contributed by atoms with Gasteiger partial charge in [-0.25, -0.2) is 0 Å². The summed E-state index contributed by atoms with van der Waals surface area (Å²) in [4.78, 5) is 12.0. The van der Waals surface area contributed by atoms with Crippen molar-refractivity contribution in [1.82, 2.24) is 5.32 Å². The van der Waals surface area contributed by atoms with Gasteiger partial charge in [0.05, 0.1) is 11.8 Å². The lowest BCUT2D eigenvalue weighted by Crippen LogP contribution is -2.41. The Balaban J connectivity index is 2.25. The molecule has 0 atom stereocenters. The molecule has 0 bridgehead atoms. The van der Waals surface area contributed by atoms with E-state index in [0.717, 1.165) is 5.56 Å². The molecule has 2 rings (SSSR count). The summed E-state index contributed by atoms with van der Waals surface area (Å²) in [5, 5.41) is 3.94. The van der Waals surface area contributed by atoms with Crippen LogP contribution in [-0.4, -0.2) is 5.91 Å². The predicted octanol–water partition coefficient (Wildman–Crippen LogP) is 4.25. The highest BCUT2D eigenvalue weighted by Crippen LogP contribution is 2.30. The van der Waals surface area contributed by atoms with Gasteiger partial charge in [0, 0.05) is 10.0 Å². The average molecular weight is 298 g/mol. The zero-order valence-electron chi connectivity index (χ0n) is 10.5. The van der Waals surface area contributed by atoms with Crippen LogP contribution in [0.25, 0.3) is 0 Å². The van der Waals surface area contributed by atoms with Crippen LogP contribution in [0, 0.1) is 0 Å². The van der Waals surface area contributed by atoms with Crippen molar-refractivity contribution >= 4 is 29.1 Å². The second kappa shape index (κ2) is 5.27. The Hall–Kier alpha value is -1.45. The number of benzene rings is 1. The van der Waals surface area contributed by atoms with E-state index in [9.17, 15) is 4.79 Å². The first-order valence-corrected chi connectivity index (χ1v) is 6.47. The molecule has 1 amide bonds. The maximum atomic E-state index is 12.0. The molecule has 0 saturated carbocycles. The van der Waals surface area contributed by atoms with Crippen LogP contribution in [0.1, 0.15) is 30.0 Å². The van der Waals surface area contributed by atoms with Crippen LogP contribution < -0.4 is 5.32 Å². The highest BCUT2D eigenvalue weighted by atomic mass is 35.5. The van der Waals surface area contributed by atoms with Crippen LogP contribution in [0.4, 0.5) is 0 Å². The zero-order chi connectivity index (χ0) is 14.0. The van der Waals surface area contributed by atoms with Crippen LogP contribution in [0.5, 0.6) is 0 Å². The normalized spacial score (nSPS) is 11.4. The Morgan fingerprint density at radius 3 is 2.58 bits per heavy atom. The first-order valence-electron chi connectivity index (χ1n) is 5.72. The second-order valence-corrected chi connectivity index (χ2v) is 5.52. The SMILES string of the molecule is CC(C)(NC(=O)c1ccco1)c1ccc(Cl)cc1Cl.